The Labute approximate surface area is 179 Å². The summed E-state index contributed by atoms with van der Waals surface area (Å²) in [5.74, 6) is -1.67. The van der Waals surface area contributed by atoms with E-state index in [4.69, 9.17) is 11.6 Å². The van der Waals surface area contributed by atoms with Crippen LogP contribution in [-0.2, 0) is 9.59 Å². The third kappa shape index (κ3) is 4.04. The summed E-state index contributed by atoms with van der Waals surface area (Å²) in [5.41, 5.74) is -1.16. The Morgan fingerprint density at radius 2 is 1.79 bits per heavy atom. The zero-order valence-electron chi connectivity index (χ0n) is 16.1. The number of rotatable bonds is 4. The van der Waals surface area contributed by atoms with Gasteiger partial charge in [0.15, 0.2) is 5.43 Å². The van der Waals surface area contributed by atoms with E-state index in [1.54, 1.807) is 0 Å². The zero-order chi connectivity index (χ0) is 19.7. The van der Waals surface area contributed by atoms with Crippen molar-refractivity contribution in [2.45, 2.75) is 38.1 Å². The molecule has 2 heterocycles. The van der Waals surface area contributed by atoms with Gasteiger partial charge in [-0.05, 0) is 24.7 Å². The Morgan fingerprint density at radius 1 is 1.14 bits per heavy atom. The van der Waals surface area contributed by atoms with Crippen molar-refractivity contribution in [2.75, 3.05) is 14.1 Å². The molecule has 3 rings (SSSR count). The van der Waals surface area contributed by atoms with Crippen molar-refractivity contribution < 1.29 is 33.2 Å². The van der Waals surface area contributed by atoms with Gasteiger partial charge in [0, 0.05) is 26.3 Å². The Bertz CT molecular complexity index is 890. The molecule has 1 aliphatic carbocycles. The predicted molar refractivity (Wildman–Crippen MR) is 99.7 cm³/mol. The van der Waals surface area contributed by atoms with E-state index in [1.807, 2.05) is 0 Å². The minimum absolute atomic E-state index is 0. The van der Waals surface area contributed by atoms with E-state index in [9.17, 15) is 19.2 Å². The molecule has 1 aliphatic heterocycles. The summed E-state index contributed by atoms with van der Waals surface area (Å²) in [6.07, 6.45) is 6.99. The van der Waals surface area contributed by atoms with Crippen LogP contribution in [0.25, 0.3) is 5.32 Å². The van der Waals surface area contributed by atoms with Gasteiger partial charge < -0.3 is 15.2 Å². The molecule has 0 aromatic carbocycles. The molecule has 1 fully saturated rings. The van der Waals surface area contributed by atoms with Crippen molar-refractivity contribution in [3.63, 3.8) is 0 Å². The molecule has 10 heteroatoms. The number of imide groups is 1. The van der Waals surface area contributed by atoms with Crippen LogP contribution in [0.1, 0.15) is 42.5 Å². The van der Waals surface area contributed by atoms with Crippen LogP contribution in [0, 0.1) is 0 Å². The van der Waals surface area contributed by atoms with Crippen LogP contribution in [0.3, 0.4) is 0 Å². The van der Waals surface area contributed by atoms with Crippen LogP contribution in [0.5, 0.6) is 0 Å². The van der Waals surface area contributed by atoms with Crippen molar-refractivity contribution in [3.8, 4) is 0 Å². The quantitative estimate of drug-likeness (QED) is 0.531. The van der Waals surface area contributed by atoms with Crippen LogP contribution < -0.4 is 24.3 Å². The summed E-state index contributed by atoms with van der Waals surface area (Å²) in [7, 11) is 3.04. The molecule has 1 aromatic rings. The Balaban J connectivity index is 0.00000280. The molecular formula is C18H20ClLiN4O4. The number of H-pyrrole nitrogens is 1. The number of pyridine rings is 1. The first-order chi connectivity index (χ1) is 12.8. The van der Waals surface area contributed by atoms with E-state index in [1.165, 1.54) is 31.4 Å². The van der Waals surface area contributed by atoms with Crippen LogP contribution in [0.15, 0.2) is 27.9 Å². The van der Waals surface area contributed by atoms with Crippen LogP contribution in [0.2, 0.25) is 0 Å². The second-order valence-corrected chi connectivity index (χ2v) is 7.21. The van der Waals surface area contributed by atoms with Crippen molar-refractivity contribution in [1.82, 2.24) is 14.8 Å². The molecule has 0 spiro atoms. The van der Waals surface area contributed by atoms with Crippen molar-refractivity contribution in [1.29, 1.82) is 0 Å². The summed E-state index contributed by atoms with van der Waals surface area (Å²) >= 11 is 6.08. The van der Waals surface area contributed by atoms with Gasteiger partial charge in [0.05, 0.1) is 5.03 Å². The van der Waals surface area contributed by atoms with Gasteiger partial charge in [-0.2, -0.15) is 0 Å². The van der Waals surface area contributed by atoms with E-state index >= 15 is 0 Å². The zero-order valence-corrected chi connectivity index (χ0v) is 16.9. The number of halogens is 1. The number of hydrogen-bond donors (Lipinski definition) is 1. The molecule has 0 bridgehead atoms. The second-order valence-electron chi connectivity index (χ2n) is 6.83. The number of hydrogen-bond acceptors (Lipinski definition) is 4. The monoisotopic (exact) mass is 398 g/mol. The number of nitrogens with zero attached hydrogens (tertiary/aromatic N) is 3. The molecule has 1 aromatic heterocycles. The summed E-state index contributed by atoms with van der Waals surface area (Å²) in [6.45, 7) is 0. The van der Waals surface area contributed by atoms with Crippen LogP contribution in [0.4, 0.5) is 5.69 Å². The summed E-state index contributed by atoms with van der Waals surface area (Å²) in [6, 6.07) is -0.194. The third-order valence-corrected chi connectivity index (χ3v) is 5.11. The molecule has 2 aliphatic rings. The van der Waals surface area contributed by atoms with Gasteiger partial charge in [-0.1, -0.05) is 36.6 Å². The molecule has 0 saturated heterocycles. The third-order valence-electron chi connectivity index (χ3n) is 4.77. The summed E-state index contributed by atoms with van der Waals surface area (Å²) in [4.78, 5) is 55.0. The van der Waals surface area contributed by atoms with Gasteiger partial charge in [0.2, 0.25) is 5.91 Å². The molecular weight excluding hydrogens is 379 g/mol. The Kier molecular flexibility index (Phi) is 7.15. The van der Waals surface area contributed by atoms with E-state index in [2.05, 4.69) is 10.3 Å². The van der Waals surface area contributed by atoms with Gasteiger partial charge in [-0.25, -0.2) is 0 Å². The van der Waals surface area contributed by atoms with Gasteiger partial charge in [0.1, 0.15) is 5.56 Å². The van der Waals surface area contributed by atoms with E-state index in [0.29, 0.717) is 0 Å². The molecule has 0 radical (unpaired) electrons. The maximum absolute atomic E-state index is 12.7. The molecule has 1 saturated carbocycles. The standard InChI is InChI=1S/C18H21ClN4O4.Li/c1-22(2)16(25)11-8-20-9-12(15(11)24)21-14-13(19)17(26)23(18(14)27)10-6-4-3-5-7-10;/h8-10H,3-7H2,1-2H3,(H2,20,21,24,25,26,27);/q;+1/p-1. The topological polar surface area (TPSA) is 105 Å². The average Bonchev–Trinajstić information content (AvgIpc) is 2.86. The van der Waals surface area contributed by atoms with E-state index in [0.717, 1.165) is 37.0 Å². The number of carbonyl (C=O) groups excluding carboxylic acids is 3. The summed E-state index contributed by atoms with van der Waals surface area (Å²) < 4.78 is 0. The maximum atomic E-state index is 12.7. The number of aromatic nitrogens is 1. The SMILES string of the molecule is CN(C)C(=O)c1c[nH]cc([N-]C2=C(Cl)C(=O)N(C3CCCCC3)C2=O)c1=O.[Li+]. The average molecular weight is 399 g/mol. The fourth-order valence-electron chi connectivity index (χ4n) is 3.35. The van der Waals surface area contributed by atoms with Gasteiger partial charge in [-0.15, -0.1) is 0 Å². The Morgan fingerprint density at radius 3 is 2.39 bits per heavy atom. The number of aromatic amines is 1. The largest absolute Gasteiger partial charge is 1.00 e. The molecule has 28 heavy (non-hydrogen) atoms. The second kappa shape index (κ2) is 8.99. The number of amides is 3. The van der Waals surface area contributed by atoms with Crippen molar-refractivity contribution >= 4 is 35.0 Å². The first-order valence-electron chi connectivity index (χ1n) is 8.75. The normalized spacial score (nSPS) is 17.6. The maximum Gasteiger partial charge on any atom is 1.00 e. The molecule has 8 nitrogen and oxygen atoms in total. The van der Waals surface area contributed by atoms with Gasteiger partial charge in [0.25, 0.3) is 11.8 Å². The fourth-order valence-corrected chi connectivity index (χ4v) is 3.57. The van der Waals surface area contributed by atoms with Crippen molar-refractivity contribution in [2.24, 2.45) is 0 Å². The molecule has 3 amide bonds. The van der Waals surface area contributed by atoms with Crippen molar-refractivity contribution in [3.05, 3.63) is 44.2 Å². The first kappa shape index (κ1) is 22.3. The molecule has 0 unspecified atom stereocenters. The smallest absolute Gasteiger partial charge is 0.648 e. The Hall–Kier alpha value is -2.01. The van der Waals surface area contributed by atoms with Gasteiger partial charge in [-0.3, -0.25) is 24.1 Å². The van der Waals surface area contributed by atoms with Crippen LogP contribution in [-0.4, -0.2) is 52.6 Å². The minimum atomic E-state index is -0.638. The van der Waals surface area contributed by atoms with E-state index < -0.39 is 23.2 Å². The molecule has 1 N–H and O–H groups in total. The summed E-state index contributed by atoms with van der Waals surface area (Å²) in [5, 5.41) is 3.74. The number of nitrogens with one attached hydrogen (secondary N) is 1. The first-order valence-corrected chi connectivity index (χ1v) is 9.13. The molecule has 144 valence electrons. The minimum Gasteiger partial charge on any atom is -0.648 e. The molecule has 0 atom stereocenters. The number of carbonyl (C=O) groups is 3. The van der Waals surface area contributed by atoms with Crippen LogP contribution >= 0.6 is 11.6 Å². The fraction of sp³-hybridized carbons (Fsp3) is 0.444. The van der Waals surface area contributed by atoms with Gasteiger partial charge >= 0.3 is 18.9 Å². The predicted octanol–water partition coefficient (Wildman–Crippen LogP) is -0.762. The van der Waals surface area contributed by atoms with E-state index in [-0.39, 0.29) is 46.9 Å².